The molecule has 3 aromatic heterocycles. The Bertz CT molecular complexity index is 1240. The predicted octanol–water partition coefficient (Wildman–Crippen LogP) is 5.58. The van der Waals surface area contributed by atoms with E-state index in [1.165, 1.54) is 35.5 Å². The van der Waals surface area contributed by atoms with Gasteiger partial charge in [0.05, 0.1) is 16.9 Å². The molecule has 3 N–H and O–H groups in total. The van der Waals surface area contributed by atoms with Crippen LogP contribution in [0.25, 0.3) is 22.3 Å². The van der Waals surface area contributed by atoms with Crippen LogP contribution < -0.4 is 9.62 Å². The van der Waals surface area contributed by atoms with E-state index in [1.54, 1.807) is 6.20 Å². The van der Waals surface area contributed by atoms with Gasteiger partial charge in [0.2, 0.25) is 0 Å². The molecule has 0 aliphatic rings. The van der Waals surface area contributed by atoms with Gasteiger partial charge in [0.25, 0.3) is 0 Å². The quantitative estimate of drug-likeness (QED) is 0.228. The highest BCUT2D eigenvalue weighted by Crippen LogP contribution is 2.36. The molecule has 168 valence electrons. The fourth-order valence-corrected chi connectivity index (χ4v) is 4.66. The lowest BCUT2D eigenvalue weighted by molar-refractivity contribution is 0.211. The van der Waals surface area contributed by atoms with Crippen LogP contribution in [0.4, 0.5) is 19.6 Å². The summed E-state index contributed by atoms with van der Waals surface area (Å²) in [5, 5.41) is 14.3. The van der Waals surface area contributed by atoms with Gasteiger partial charge in [-0.25, -0.2) is 18.7 Å². The molecule has 0 saturated carbocycles. The number of aliphatic hydroxyl groups excluding tert-OH is 1. The van der Waals surface area contributed by atoms with Gasteiger partial charge in [-0.05, 0) is 24.6 Å². The number of hydrogen-bond donors (Lipinski definition) is 3. The number of benzene rings is 1. The Balaban J connectivity index is 1.72. The SMILES string of the molecule is CCCSNc1ccc(F)c(C(O)c2c[nH]c3ncc(-c4csc(N(C)C)n4)cc23)c1F. The second-order valence-corrected chi connectivity index (χ2v) is 9.19. The number of anilines is 2. The van der Waals surface area contributed by atoms with Gasteiger partial charge in [-0.1, -0.05) is 18.9 Å². The molecule has 1 unspecified atom stereocenters. The van der Waals surface area contributed by atoms with Crippen LogP contribution in [0.1, 0.15) is 30.6 Å². The van der Waals surface area contributed by atoms with Gasteiger partial charge in [0, 0.05) is 54.1 Å². The number of thiazole rings is 1. The molecule has 3 heterocycles. The molecule has 32 heavy (non-hydrogen) atoms. The highest BCUT2D eigenvalue weighted by molar-refractivity contribution is 8.00. The Hall–Kier alpha value is -2.69. The first kappa shape index (κ1) is 22.5. The third-order valence-corrected chi connectivity index (χ3v) is 6.90. The zero-order valence-electron chi connectivity index (χ0n) is 17.8. The van der Waals surface area contributed by atoms with Crippen molar-refractivity contribution in [1.82, 2.24) is 15.0 Å². The van der Waals surface area contributed by atoms with Gasteiger partial charge < -0.3 is 19.7 Å². The normalized spacial score (nSPS) is 12.3. The van der Waals surface area contributed by atoms with E-state index >= 15 is 4.39 Å². The minimum absolute atomic E-state index is 0.135. The lowest BCUT2D eigenvalue weighted by atomic mass is 9.99. The maximum atomic E-state index is 15.1. The number of H-pyrrole nitrogens is 1. The number of aromatic nitrogens is 3. The number of nitrogens with zero attached hydrogens (tertiary/aromatic N) is 3. The molecule has 0 spiro atoms. The second kappa shape index (κ2) is 9.43. The number of fused-ring (bicyclic) bond motifs is 1. The Labute approximate surface area is 192 Å². The van der Waals surface area contributed by atoms with Crippen molar-refractivity contribution in [2.24, 2.45) is 0 Å². The lowest BCUT2D eigenvalue weighted by Crippen LogP contribution is -2.08. The second-order valence-electron chi connectivity index (χ2n) is 7.45. The average molecular weight is 476 g/mol. The molecular formula is C22H23F2N5OS2. The highest BCUT2D eigenvalue weighted by atomic mass is 32.2. The van der Waals surface area contributed by atoms with E-state index in [1.807, 2.05) is 37.4 Å². The van der Waals surface area contributed by atoms with Crippen LogP contribution in [0.2, 0.25) is 0 Å². The van der Waals surface area contributed by atoms with Crippen LogP contribution in [0, 0.1) is 11.6 Å². The van der Waals surface area contributed by atoms with Crippen molar-refractivity contribution >= 4 is 45.1 Å². The largest absolute Gasteiger partial charge is 0.383 e. The summed E-state index contributed by atoms with van der Waals surface area (Å²) in [5.41, 5.74) is 2.08. The van der Waals surface area contributed by atoms with Crippen molar-refractivity contribution in [1.29, 1.82) is 0 Å². The Morgan fingerprint density at radius 3 is 2.84 bits per heavy atom. The minimum Gasteiger partial charge on any atom is -0.383 e. The molecule has 0 bridgehead atoms. The lowest BCUT2D eigenvalue weighted by Gasteiger charge is -2.15. The van der Waals surface area contributed by atoms with Gasteiger partial charge >= 0.3 is 0 Å². The van der Waals surface area contributed by atoms with E-state index in [0.717, 1.165) is 34.6 Å². The predicted molar refractivity (Wildman–Crippen MR) is 128 cm³/mol. The van der Waals surface area contributed by atoms with Crippen LogP contribution >= 0.6 is 23.3 Å². The van der Waals surface area contributed by atoms with Gasteiger partial charge in [-0.15, -0.1) is 11.3 Å². The molecule has 0 aliphatic carbocycles. The van der Waals surface area contributed by atoms with Crippen molar-refractivity contribution < 1.29 is 13.9 Å². The van der Waals surface area contributed by atoms with Gasteiger partial charge in [0.1, 0.15) is 17.6 Å². The summed E-state index contributed by atoms with van der Waals surface area (Å²) in [4.78, 5) is 13.9. The number of rotatable bonds is 8. The zero-order valence-corrected chi connectivity index (χ0v) is 19.4. The standard InChI is InChI=1S/C22H23F2N5OS2/c1-4-7-32-28-16-6-5-15(23)18(19(16)24)20(30)14-10-26-21-13(14)8-12(9-25-21)17-11-31-22(27-17)29(2)3/h5-6,8-11,20,28,30H,4,7H2,1-3H3,(H,25,26). The first-order chi connectivity index (χ1) is 15.4. The summed E-state index contributed by atoms with van der Waals surface area (Å²) in [6, 6.07) is 4.32. The zero-order chi connectivity index (χ0) is 22.8. The van der Waals surface area contributed by atoms with Gasteiger partial charge in [-0.3, -0.25) is 0 Å². The van der Waals surface area contributed by atoms with Crippen LogP contribution in [0.15, 0.2) is 36.0 Å². The molecule has 1 aromatic carbocycles. The topological polar surface area (TPSA) is 77.1 Å². The summed E-state index contributed by atoms with van der Waals surface area (Å²) >= 11 is 2.83. The van der Waals surface area contributed by atoms with E-state index in [9.17, 15) is 9.50 Å². The monoisotopic (exact) mass is 475 g/mol. The molecule has 0 amide bonds. The molecule has 0 aliphatic heterocycles. The van der Waals surface area contributed by atoms with Crippen molar-refractivity contribution in [3.63, 3.8) is 0 Å². The third-order valence-electron chi connectivity index (χ3n) is 4.92. The van der Waals surface area contributed by atoms with E-state index in [0.29, 0.717) is 16.6 Å². The number of aliphatic hydroxyl groups is 1. The first-order valence-electron chi connectivity index (χ1n) is 10.0. The van der Waals surface area contributed by atoms with Crippen LogP contribution in [-0.4, -0.2) is 39.9 Å². The molecular weight excluding hydrogens is 452 g/mol. The summed E-state index contributed by atoms with van der Waals surface area (Å²) in [5.74, 6) is -0.845. The first-order valence-corrected chi connectivity index (χ1v) is 11.9. The fourth-order valence-electron chi connectivity index (χ4n) is 3.28. The number of nitrogens with one attached hydrogen (secondary N) is 2. The summed E-state index contributed by atoms with van der Waals surface area (Å²) in [7, 11) is 3.83. The molecule has 10 heteroatoms. The van der Waals surface area contributed by atoms with E-state index < -0.39 is 23.3 Å². The van der Waals surface area contributed by atoms with Crippen LogP contribution in [0.5, 0.6) is 0 Å². The average Bonchev–Trinajstić information content (AvgIpc) is 3.42. The number of aromatic amines is 1. The van der Waals surface area contributed by atoms with Crippen molar-refractivity contribution in [2.75, 3.05) is 29.5 Å². The smallest absolute Gasteiger partial charge is 0.185 e. The molecule has 1 atom stereocenters. The Morgan fingerprint density at radius 2 is 2.12 bits per heavy atom. The van der Waals surface area contributed by atoms with Crippen LogP contribution in [-0.2, 0) is 0 Å². The molecule has 0 fully saturated rings. The fraction of sp³-hybridized carbons (Fsp3) is 0.273. The molecule has 0 radical (unpaired) electrons. The van der Waals surface area contributed by atoms with Gasteiger partial charge in [-0.2, -0.15) is 0 Å². The maximum absolute atomic E-state index is 15.1. The van der Waals surface area contributed by atoms with Gasteiger partial charge in [0.15, 0.2) is 10.9 Å². The number of hydrogen-bond acceptors (Lipinski definition) is 7. The summed E-state index contributed by atoms with van der Waals surface area (Å²) in [6.07, 6.45) is 2.62. The molecule has 4 rings (SSSR count). The minimum atomic E-state index is -1.51. The van der Waals surface area contributed by atoms with Crippen LogP contribution in [0.3, 0.4) is 0 Å². The number of halogens is 2. The van der Waals surface area contributed by atoms with E-state index in [2.05, 4.69) is 19.7 Å². The molecule has 0 saturated heterocycles. The number of pyridine rings is 1. The summed E-state index contributed by atoms with van der Waals surface area (Å²) < 4.78 is 32.6. The summed E-state index contributed by atoms with van der Waals surface area (Å²) in [6.45, 7) is 2.01. The highest BCUT2D eigenvalue weighted by Gasteiger charge is 2.25. The third kappa shape index (κ3) is 4.30. The van der Waals surface area contributed by atoms with Crippen molar-refractivity contribution in [3.05, 3.63) is 58.7 Å². The molecule has 4 aromatic rings. The maximum Gasteiger partial charge on any atom is 0.185 e. The Kier molecular flexibility index (Phi) is 6.63. The Morgan fingerprint density at radius 1 is 1.31 bits per heavy atom. The van der Waals surface area contributed by atoms with E-state index in [-0.39, 0.29) is 5.69 Å². The molecule has 6 nitrogen and oxygen atoms in total. The van der Waals surface area contributed by atoms with Crippen molar-refractivity contribution in [2.45, 2.75) is 19.4 Å². The van der Waals surface area contributed by atoms with E-state index in [4.69, 9.17) is 0 Å². The van der Waals surface area contributed by atoms with Crippen molar-refractivity contribution in [3.8, 4) is 11.3 Å².